The number of aromatic hydroxyl groups is 2. The fourth-order valence-electron chi connectivity index (χ4n) is 1.72. The maximum Gasteiger partial charge on any atom is 0.275 e. The molecule has 2 aromatic rings. The SMILES string of the molecule is O=C(N/N=C/c1cc(Br)cc(Br)c1O)c1cc([N+](=O)[O-])ccc1O. The molecule has 0 aliphatic rings. The number of rotatable bonds is 4. The average molecular weight is 459 g/mol. The maximum absolute atomic E-state index is 12.0. The molecule has 3 N–H and O–H groups in total. The summed E-state index contributed by atoms with van der Waals surface area (Å²) < 4.78 is 1.11. The van der Waals surface area contributed by atoms with Crippen LogP contribution < -0.4 is 5.43 Å². The van der Waals surface area contributed by atoms with Gasteiger partial charge in [-0.15, -0.1) is 0 Å². The lowest BCUT2D eigenvalue weighted by Crippen LogP contribution is -2.18. The zero-order chi connectivity index (χ0) is 17.9. The second kappa shape index (κ2) is 7.41. The maximum atomic E-state index is 12.0. The van der Waals surface area contributed by atoms with Crippen LogP contribution in [0, 0.1) is 10.1 Å². The molecule has 0 spiro atoms. The summed E-state index contributed by atoms with van der Waals surface area (Å²) in [5.41, 5.74) is 1.82. The van der Waals surface area contributed by atoms with E-state index in [1.54, 1.807) is 12.1 Å². The van der Waals surface area contributed by atoms with Gasteiger partial charge in [0.15, 0.2) is 0 Å². The molecule has 2 aromatic carbocycles. The first-order chi connectivity index (χ1) is 11.3. The number of benzene rings is 2. The van der Waals surface area contributed by atoms with Crippen LogP contribution in [0.5, 0.6) is 11.5 Å². The molecular weight excluding hydrogens is 450 g/mol. The monoisotopic (exact) mass is 457 g/mol. The van der Waals surface area contributed by atoms with Gasteiger partial charge in [-0.3, -0.25) is 14.9 Å². The van der Waals surface area contributed by atoms with Crippen LogP contribution in [0.15, 0.2) is 44.4 Å². The van der Waals surface area contributed by atoms with Gasteiger partial charge in [-0.2, -0.15) is 5.10 Å². The number of nitrogens with zero attached hydrogens (tertiary/aromatic N) is 2. The summed E-state index contributed by atoms with van der Waals surface area (Å²) >= 11 is 6.41. The molecule has 8 nitrogen and oxygen atoms in total. The third kappa shape index (κ3) is 4.09. The molecule has 0 bridgehead atoms. The number of carbonyl (C=O) groups excluding carboxylic acids is 1. The molecule has 0 saturated heterocycles. The van der Waals surface area contributed by atoms with Crippen molar-refractivity contribution in [2.24, 2.45) is 5.10 Å². The van der Waals surface area contributed by atoms with Crippen LogP contribution in [-0.2, 0) is 0 Å². The van der Waals surface area contributed by atoms with E-state index in [4.69, 9.17) is 0 Å². The van der Waals surface area contributed by atoms with Crippen molar-refractivity contribution in [1.82, 2.24) is 5.43 Å². The van der Waals surface area contributed by atoms with Crippen LogP contribution in [0.1, 0.15) is 15.9 Å². The molecule has 0 unspecified atom stereocenters. The van der Waals surface area contributed by atoms with Crippen LogP contribution in [0.2, 0.25) is 0 Å². The topological polar surface area (TPSA) is 125 Å². The Morgan fingerprint density at radius 3 is 2.62 bits per heavy atom. The number of nitrogens with one attached hydrogen (secondary N) is 1. The molecule has 1 amide bonds. The molecule has 0 aliphatic heterocycles. The molecule has 0 saturated carbocycles. The number of phenols is 2. The number of hydrogen-bond donors (Lipinski definition) is 3. The van der Waals surface area contributed by atoms with Gasteiger partial charge in [0.05, 0.1) is 21.2 Å². The second-order valence-corrected chi connectivity index (χ2v) is 6.25. The molecule has 24 heavy (non-hydrogen) atoms. The molecule has 124 valence electrons. The Hall–Kier alpha value is -2.46. The number of nitro benzene ring substituents is 1. The molecule has 0 radical (unpaired) electrons. The second-order valence-electron chi connectivity index (χ2n) is 4.48. The number of non-ortho nitro benzene ring substituents is 1. The Morgan fingerprint density at radius 2 is 1.96 bits per heavy atom. The van der Waals surface area contributed by atoms with Gasteiger partial charge in [0, 0.05) is 22.2 Å². The Bertz CT molecular complexity index is 855. The summed E-state index contributed by atoms with van der Waals surface area (Å²) in [6, 6.07) is 6.26. The van der Waals surface area contributed by atoms with Crippen molar-refractivity contribution in [2.75, 3.05) is 0 Å². The summed E-state index contributed by atoms with van der Waals surface area (Å²) in [7, 11) is 0. The number of amides is 1. The van der Waals surface area contributed by atoms with E-state index in [1.807, 2.05) is 0 Å². The highest BCUT2D eigenvalue weighted by Gasteiger charge is 2.16. The number of nitro groups is 1. The standard InChI is InChI=1S/C14H9Br2N3O5/c15-8-3-7(13(21)11(16)4-8)6-17-18-14(22)10-5-9(19(23)24)1-2-12(10)20/h1-6,20-21H,(H,18,22)/b17-6+. The van der Waals surface area contributed by atoms with Gasteiger partial charge < -0.3 is 10.2 Å². The minimum Gasteiger partial charge on any atom is -0.507 e. The number of carbonyl (C=O) groups is 1. The van der Waals surface area contributed by atoms with E-state index in [9.17, 15) is 25.1 Å². The van der Waals surface area contributed by atoms with E-state index in [-0.39, 0.29) is 17.0 Å². The highest BCUT2D eigenvalue weighted by Crippen LogP contribution is 2.30. The molecular formula is C14H9Br2N3O5. The number of hydrogen-bond acceptors (Lipinski definition) is 6. The molecule has 0 fully saturated rings. The number of phenolic OH excluding ortho intramolecular Hbond substituents is 2. The van der Waals surface area contributed by atoms with Crippen LogP contribution in [0.4, 0.5) is 5.69 Å². The van der Waals surface area contributed by atoms with Gasteiger partial charge in [0.1, 0.15) is 11.5 Å². The zero-order valence-corrected chi connectivity index (χ0v) is 14.9. The van der Waals surface area contributed by atoms with Crippen LogP contribution in [0.25, 0.3) is 0 Å². The van der Waals surface area contributed by atoms with Crippen LogP contribution in [-0.4, -0.2) is 27.3 Å². The van der Waals surface area contributed by atoms with Gasteiger partial charge in [0.2, 0.25) is 0 Å². The average Bonchev–Trinajstić information content (AvgIpc) is 2.51. The fraction of sp³-hybridized carbons (Fsp3) is 0. The van der Waals surface area contributed by atoms with E-state index in [2.05, 4.69) is 42.4 Å². The predicted octanol–water partition coefficient (Wildman–Crippen LogP) is 3.29. The zero-order valence-electron chi connectivity index (χ0n) is 11.7. The van der Waals surface area contributed by atoms with Crippen molar-refractivity contribution in [3.05, 3.63) is 60.5 Å². The van der Waals surface area contributed by atoms with Gasteiger partial charge in [-0.25, -0.2) is 5.43 Å². The van der Waals surface area contributed by atoms with E-state index in [0.717, 1.165) is 18.2 Å². The van der Waals surface area contributed by atoms with Gasteiger partial charge >= 0.3 is 0 Å². The van der Waals surface area contributed by atoms with Crippen molar-refractivity contribution in [3.63, 3.8) is 0 Å². The number of halogens is 2. The van der Waals surface area contributed by atoms with Crippen LogP contribution in [0.3, 0.4) is 0 Å². The highest BCUT2D eigenvalue weighted by molar-refractivity contribution is 9.11. The minimum absolute atomic E-state index is 0.0746. The quantitative estimate of drug-likeness (QED) is 0.368. The first-order valence-electron chi connectivity index (χ1n) is 6.28. The lowest BCUT2D eigenvalue weighted by Gasteiger charge is -2.04. The molecule has 0 aromatic heterocycles. The molecule has 0 heterocycles. The van der Waals surface area contributed by atoms with E-state index in [1.165, 1.54) is 6.21 Å². The third-order valence-electron chi connectivity index (χ3n) is 2.86. The smallest absolute Gasteiger partial charge is 0.275 e. The van der Waals surface area contributed by atoms with E-state index in [0.29, 0.717) is 14.5 Å². The summed E-state index contributed by atoms with van der Waals surface area (Å²) in [6.07, 6.45) is 1.19. The summed E-state index contributed by atoms with van der Waals surface area (Å²) in [5, 5.41) is 33.9. The molecule has 10 heteroatoms. The minimum atomic E-state index is -0.832. The molecule has 0 atom stereocenters. The van der Waals surface area contributed by atoms with Gasteiger partial charge in [0.25, 0.3) is 11.6 Å². The third-order valence-corrected chi connectivity index (χ3v) is 3.93. The Labute approximate surface area is 152 Å². The predicted molar refractivity (Wildman–Crippen MR) is 93.3 cm³/mol. The highest BCUT2D eigenvalue weighted by atomic mass is 79.9. The summed E-state index contributed by atoms with van der Waals surface area (Å²) in [6.45, 7) is 0. The van der Waals surface area contributed by atoms with Crippen molar-refractivity contribution in [2.45, 2.75) is 0 Å². The summed E-state index contributed by atoms with van der Waals surface area (Å²) in [4.78, 5) is 22.0. The van der Waals surface area contributed by atoms with Crippen LogP contribution >= 0.6 is 31.9 Å². The molecule has 0 aliphatic carbocycles. The molecule has 2 rings (SSSR count). The van der Waals surface area contributed by atoms with Crippen molar-refractivity contribution < 1.29 is 19.9 Å². The van der Waals surface area contributed by atoms with Crippen molar-refractivity contribution >= 4 is 49.7 Å². The Morgan fingerprint density at radius 1 is 1.25 bits per heavy atom. The first kappa shape index (κ1) is 17.9. The number of hydrazone groups is 1. The fourth-order valence-corrected chi connectivity index (χ4v) is 2.98. The van der Waals surface area contributed by atoms with Crippen molar-refractivity contribution in [3.8, 4) is 11.5 Å². The van der Waals surface area contributed by atoms with Crippen molar-refractivity contribution in [1.29, 1.82) is 0 Å². The largest absolute Gasteiger partial charge is 0.507 e. The lowest BCUT2D eigenvalue weighted by molar-refractivity contribution is -0.384. The Kier molecular flexibility index (Phi) is 5.52. The lowest BCUT2D eigenvalue weighted by atomic mass is 10.1. The van der Waals surface area contributed by atoms with E-state index < -0.39 is 16.6 Å². The first-order valence-corrected chi connectivity index (χ1v) is 7.87. The normalized spacial score (nSPS) is 10.8. The van der Waals surface area contributed by atoms with E-state index >= 15 is 0 Å². The Balaban J connectivity index is 2.19. The van der Waals surface area contributed by atoms with Gasteiger partial charge in [-0.05, 0) is 34.1 Å². The summed E-state index contributed by atoms with van der Waals surface area (Å²) in [5.74, 6) is -1.32. The van der Waals surface area contributed by atoms with Gasteiger partial charge in [-0.1, -0.05) is 15.9 Å².